The molecule has 214 valence electrons. The van der Waals surface area contributed by atoms with Crippen LogP contribution in [0.25, 0.3) is 0 Å². The van der Waals surface area contributed by atoms with Gasteiger partial charge in [0.2, 0.25) is 0 Å². The highest BCUT2D eigenvalue weighted by Crippen LogP contribution is 2.44. The van der Waals surface area contributed by atoms with Gasteiger partial charge in [0.1, 0.15) is 0 Å². The van der Waals surface area contributed by atoms with Crippen molar-refractivity contribution in [2.45, 2.75) is 58.4 Å². The molecule has 8 heteroatoms. The summed E-state index contributed by atoms with van der Waals surface area (Å²) in [6.07, 6.45) is 5.38. The molecule has 1 saturated carbocycles. The van der Waals surface area contributed by atoms with Gasteiger partial charge in [0.05, 0.1) is 40.8 Å². The highest BCUT2D eigenvalue weighted by Gasteiger charge is 2.41. The van der Waals surface area contributed by atoms with E-state index in [1.165, 1.54) is 19.1 Å². The standard InChI is InChI=1S/C32H38Cl2N2O4/c1-21-26(30(37)39-4)28(24-14-11-15-25(33)29(24)34)27(22(2)35-21)31(38)40-20-32(16-9-6-10-17-32)19-36(3)18-23-12-7-5-8-13-23/h5,7-8,11-15,28,35H,6,9-10,16-20H2,1-4H3. The minimum atomic E-state index is -0.782. The number of hydrogen-bond donors (Lipinski definition) is 1. The molecule has 1 unspecified atom stereocenters. The molecule has 0 bridgehead atoms. The summed E-state index contributed by atoms with van der Waals surface area (Å²) in [6.45, 7) is 5.54. The van der Waals surface area contributed by atoms with Gasteiger partial charge in [0, 0.05) is 29.9 Å². The van der Waals surface area contributed by atoms with Crippen molar-refractivity contribution >= 4 is 35.1 Å². The van der Waals surface area contributed by atoms with Gasteiger partial charge in [-0.15, -0.1) is 0 Å². The van der Waals surface area contributed by atoms with Gasteiger partial charge in [-0.1, -0.05) is 84.9 Å². The Balaban J connectivity index is 1.61. The van der Waals surface area contributed by atoms with Crippen molar-refractivity contribution in [3.63, 3.8) is 0 Å². The molecule has 1 fully saturated rings. The van der Waals surface area contributed by atoms with Crippen molar-refractivity contribution in [3.8, 4) is 0 Å². The molecule has 0 spiro atoms. The van der Waals surface area contributed by atoms with E-state index in [4.69, 9.17) is 32.7 Å². The molecule has 1 atom stereocenters. The number of halogens is 2. The fraction of sp³-hybridized carbons (Fsp3) is 0.438. The Labute approximate surface area is 247 Å². The maximum Gasteiger partial charge on any atom is 0.336 e. The van der Waals surface area contributed by atoms with E-state index in [2.05, 4.69) is 41.5 Å². The van der Waals surface area contributed by atoms with Crippen LogP contribution in [0, 0.1) is 5.41 Å². The lowest BCUT2D eigenvalue weighted by molar-refractivity contribution is -0.144. The van der Waals surface area contributed by atoms with Gasteiger partial charge in [0.15, 0.2) is 0 Å². The number of carbonyl (C=O) groups is 2. The Hall–Kier alpha value is -2.80. The number of rotatable bonds is 9. The molecule has 1 N–H and O–H groups in total. The molecular weight excluding hydrogens is 547 g/mol. The number of nitrogens with one attached hydrogen (secondary N) is 1. The highest BCUT2D eigenvalue weighted by atomic mass is 35.5. The van der Waals surface area contributed by atoms with Crippen molar-refractivity contribution < 1.29 is 19.1 Å². The van der Waals surface area contributed by atoms with Crippen molar-refractivity contribution in [3.05, 3.63) is 92.2 Å². The summed E-state index contributed by atoms with van der Waals surface area (Å²) >= 11 is 13.0. The molecular formula is C32H38Cl2N2O4. The van der Waals surface area contributed by atoms with Crippen LogP contribution < -0.4 is 5.32 Å². The van der Waals surface area contributed by atoms with E-state index in [0.717, 1.165) is 38.8 Å². The quantitative estimate of drug-likeness (QED) is 0.319. The van der Waals surface area contributed by atoms with Gasteiger partial charge < -0.3 is 19.7 Å². The van der Waals surface area contributed by atoms with E-state index in [1.54, 1.807) is 25.1 Å². The average molecular weight is 586 g/mol. The summed E-state index contributed by atoms with van der Waals surface area (Å²) in [4.78, 5) is 29.2. The van der Waals surface area contributed by atoms with Crippen LogP contribution >= 0.6 is 23.2 Å². The molecule has 1 heterocycles. The first kappa shape index (κ1) is 30.2. The molecule has 6 nitrogen and oxygen atoms in total. The molecule has 1 aliphatic heterocycles. The van der Waals surface area contributed by atoms with Crippen LogP contribution in [0.1, 0.15) is 63.0 Å². The van der Waals surface area contributed by atoms with Gasteiger partial charge in [0.25, 0.3) is 0 Å². The fourth-order valence-electron chi connectivity index (χ4n) is 6.17. The lowest BCUT2D eigenvalue weighted by Gasteiger charge is -2.40. The van der Waals surface area contributed by atoms with Crippen molar-refractivity contribution in [2.24, 2.45) is 5.41 Å². The number of benzene rings is 2. The zero-order valence-electron chi connectivity index (χ0n) is 23.7. The molecule has 2 aliphatic rings. The van der Waals surface area contributed by atoms with Crippen LogP contribution in [0.15, 0.2) is 71.1 Å². The minimum absolute atomic E-state index is 0.145. The summed E-state index contributed by atoms with van der Waals surface area (Å²) in [5, 5.41) is 3.82. The first-order chi connectivity index (χ1) is 19.2. The summed E-state index contributed by atoms with van der Waals surface area (Å²) in [6, 6.07) is 15.6. The van der Waals surface area contributed by atoms with Crippen LogP contribution in [-0.4, -0.2) is 44.1 Å². The number of dihydropyridines is 1. The minimum Gasteiger partial charge on any atom is -0.466 e. The normalized spacial score (nSPS) is 18.9. The van der Waals surface area contributed by atoms with Crippen LogP contribution in [0.5, 0.6) is 0 Å². The first-order valence-corrected chi connectivity index (χ1v) is 14.5. The van der Waals surface area contributed by atoms with E-state index in [9.17, 15) is 9.59 Å². The summed E-state index contributed by atoms with van der Waals surface area (Å²) < 4.78 is 11.3. The second-order valence-electron chi connectivity index (χ2n) is 11.1. The maximum atomic E-state index is 13.9. The third kappa shape index (κ3) is 6.73. The molecule has 2 aromatic rings. The van der Waals surface area contributed by atoms with Gasteiger partial charge in [-0.25, -0.2) is 9.59 Å². The maximum absolute atomic E-state index is 13.9. The Kier molecular flexibility index (Phi) is 9.99. The number of hydrogen-bond acceptors (Lipinski definition) is 6. The topological polar surface area (TPSA) is 67.9 Å². The lowest BCUT2D eigenvalue weighted by Crippen LogP contribution is -2.41. The second-order valence-corrected chi connectivity index (χ2v) is 11.8. The smallest absolute Gasteiger partial charge is 0.336 e. The highest BCUT2D eigenvalue weighted by molar-refractivity contribution is 6.42. The van der Waals surface area contributed by atoms with Crippen molar-refractivity contribution in [1.82, 2.24) is 10.2 Å². The van der Waals surface area contributed by atoms with Crippen LogP contribution in [0.3, 0.4) is 0 Å². The third-order valence-electron chi connectivity index (χ3n) is 8.00. The largest absolute Gasteiger partial charge is 0.466 e. The Bertz CT molecular complexity index is 1300. The van der Waals surface area contributed by atoms with E-state index >= 15 is 0 Å². The SMILES string of the molecule is COC(=O)C1=C(C)NC(C)=C(C(=O)OCC2(CN(C)Cc3ccccc3)CCCCC2)C1c1cccc(Cl)c1Cl. The molecule has 0 amide bonds. The van der Waals surface area contributed by atoms with Gasteiger partial charge in [-0.2, -0.15) is 0 Å². The molecule has 4 rings (SSSR count). The molecule has 0 aromatic heterocycles. The van der Waals surface area contributed by atoms with Gasteiger partial charge in [-0.05, 0) is 50.9 Å². The molecule has 40 heavy (non-hydrogen) atoms. The van der Waals surface area contributed by atoms with Crippen molar-refractivity contribution in [1.29, 1.82) is 0 Å². The number of carbonyl (C=O) groups excluding carboxylic acids is 2. The number of allylic oxidation sites excluding steroid dienone is 2. The third-order valence-corrected chi connectivity index (χ3v) is 8.84. The Morgan fingerprint density at radius 1 is 0.950 bits per heavy atom. The molecule has 0 radical (unpaired) electrons. The first-order valence-electron chi connectivity index (χ1n) is 13.8. The molecule has 0 saturated heterocycles. The number of methoxy groups -OCH3 is 1. The second kappa shape index (κ2) is 13.2. The molecule has 2 aromatic carbocycles. The number of nitrogens with zero attached hydrogens (tertiary/aromatic N) is 1. The average Bonchev–Trinajstić information content (AvgIpc) is 2.93. The monoisotopic (exact) mass is 584 g/mol. The van der Waals surface area contributed by atoms with Gasteiger partial charge >= 0.3 is 11.9 Å². The van der Waals surface area contributed by atoms with E-state index in [-0.39, 0.29) is 10.4 Å². The van der Waals surface area contributed by atoms with Crippen LogP contribution in [0.4, 0.5) is 0 Å². The van der Waals surface area contributed by atoms with Crippen LogP contribution in [-0.2, 0) is 25.6 Å². The zero-order valence-corrected chi connectivity index (χ0v) is 25.2. The summed E-state index contributed by atoms with van der Waals surface area (Å²) in [5.74, 6) is -1.80. The molecule has 1 aliphatic carbocycles. The predicted molar refractivity (Wildman–Crippen MR) is 159 cm³/mol. The van der Waals surface area contributed by atoms with Crippen molar-refractivity contribution in [2.75, 3.05) is 27.3 Å². The van der Waals surface area contributed by atoms with Crippen LogP contribution in [0.2, 0.25) is 10.0 Å². The summed E-state index contributed by atoms with van der Waals surface area (Å²) in [5.41, 5.74) is 3.49. The summed E-state index contributed by atoms with van der Waals surface area (Å²) in [7, 11) is 3.44. The van der Waals surface area contributed by atoms with Gasteiger partial charge in [-0.3, -0.25) is 0 Å². The van der Waals surface area contributed by atoms with E-state index in [1.807, 2.05) is 13.0 Å². The Morgan fingerprint density at radius 3 is 2.25 bits per heavy atom. The number of ether oxygens (including phenoxy) is 2. The van der Waals surface area contributed by atoms with E-state index in [0.29, 0.717) is 39.7 Å². The fourth-order valence-corrected chi connectivity index (χ4v) is 6.59. The van der Waals surface area contributed by atoms with E-state index < -0.39 is 17.9 Å². The predicted octanol–water partition coefficient (Wildman–Crippen LogP) is 7.03. The Morgan fingerprint density at radius 2 is 1.60 bits per heavy atom. The number of esters is 2. The lowest BCUT2D eigenvalue weighted by atomic mass is 9.74. The zero-order chi connectivity index (χ0) is 28.9.